The quantitative estimate of drug-likeness (QED) is 0.807. The molecule has 3 rings (SSSR count). The molecule has 3 aliphatic rings. The highest BCUT2D eigenvalue weighted by molar-refractivity contribution is 5.85. The van der Waals surface area contributed by atoms with Crippen molar-refractivity contribution in [2.45, 2.75) is 70.3 Å². The molecule has 0 aromatic heterocycles. The number of amides is 2. The Kier molecular flexibility index (Phi) is 8.01. The summed E-state index contributed by atoms with van der Waals surface area (Å²) < 4.78 is 0. The van der Waals surface area contributed by atoms with Crippen molar-refractivity contribution in [1.29, 1.82) is 0 Å². The molecule has 0 aromatic carbocycles. The van der Waals surface area contributed by atoms with Crippen molar-refractivity contribution in [2.24, 2.45) is 17.6 Å². The van der Waals surface area contributed by atoms with Gasteiger partial charge in [-0.3, -0.25) is 9.59 Å². The molecule has 2 atom stereocenters. The van der Waals surface area contributed by atoms with Gasteiger partial charge in [-0.15, -0.1) is 12.4 Å². The smallest absolute Gasteiger partial charge is 0.223 e. The van der Waals surface area contributed by atoms with Crippen LogP contribution >= 0.6 is 12.4 Å². The molecular formula is C19H34ClN3O2. The van der Waals surface area contributed by atoms with Gasteiger partial charge in [-0.1, -0.05) is 32.1 Å². The van der Waals surface area contributed by atoms with Crippen LogP contribution in [0.2, 0.25) is 0 Å². The predicted octanol–water partition coefficient (Wildman–Crippen LogP) is 2.57. The maximum absolute atomic E-state index is 12.4. The van der Waals surface area contributed by atoms with Gasteiger partial charge in [0.25, 0.3) is 0 Å². The zero-order valence-electron chi connectivity index (χ0n) is 15.3. The number of halogens is 1. The number of hydrogen-bond acceptors (Lipinski definition) is 3. The minimum absolute atomic E-state index is 0. The van der Waals surface area contributed by atoms with Crippen molar-refractivity contribution < 1.29 is 9.59 Å². The van der Waals surface area contributed by atoms with Gasteiger partial charge in [0.1, 0.15) is 0 Å². The second-order valence-electron chi connectivity index (χ2n) is 8.01. The van der Waals surface area contributed by atoms with E-state index < -0.39 is 0 Å². The lowest BCUT2D eigenvalue weighted by atomic mass is 9.99. The lowest BCUT2D eigenvalue weighted by Crippen LogP contribution is -2.51. The highest BCUT2D eigenvalue weighted by Crippen LogP contribution is 2.29. The SMILES string of the molecule is Cl.N[C@@H]1CCC[C@H]1CC(=O)N1CCN(C(=O)CCC2CCCC2)CC1. The zero-order valence-corrected chi connectivity index (χ0v) is 16.1. The molecule has 0 aromatic rings. The number of hydrogen-bond donors (Lipinski definition) is 1. The van der Waals surface area contributed by atoms with E-state index in [-0.39, 0.29) is 30.3 Å². The average Bonchev–Trinajstić information content (AvgIpc) is 3.25. The van der Waals surface area contributed by atoms with E-state index in [0.717, 1.165) is 31.6 Å². The van der Waals surface area contributed by atoms with Crippen LogP contribution in [0.15, 0.2) is 0 Å². The van der Waals surface area contributed by atoms with Gasteiger partial charge in [-0.05, 0) is 31.1 Å². The predicted molar refractivity (Wildman–Crippen MR) is 102 cm³/mol. The largest absolute Gasteiger partial charge is 0.339 e. The molecule has 1 heterocycles. The standard InChI is InChI=1S/C19H33N3O2.ClH/c20-17-7-3-6-16(17)14-19(24)22-12-10-21(11-13-22)18(23)9-8-15-4-1-2-5-15;/h15-17H,1-14,20H2;1H/t16-,17+;/m0./s1. The van der Waals surface area contributed by atoms with Crippen LogP contribution in [-0.4, -0.2) is 53.8 Å². The Morgan fingerprint density at radius 1 is 0.840 bits per heavy atom. The number of rotatable bonds is 5. The third-order valence-electron chi connectivity index (χ3n) is 6.38. The zero-order chi connectivity index (χ0) is 16.9. The summed E-state index contributed by atoms with van der Waals surface area (Å²) in [6.07, 6.45) is 10.9. The van der Waals surface area contributed by atoms with Crippen LogP contribution < -0.4 is 5.73 Å². The van der Waals surface area contributed by atoms with Crippen molar-refractivity contribution in [2.75, 3.05) is 26.2 Å². The lowest BCUT2D eigenvalue weighted by molar-refractivity contribution is -0.140. The molecule has 2 N–H and O–H groups in total. The number of carbonyl (C=O) groups is 2. The van der Waals surface area contributed by atoms with Crippen molar-refractivity contribution in [3.8, 4) is 0 Å². The van der Waals surface area contributed by atoms with Crippen LogP contribution in [0.3, 0.4) is 0 Å². The van der Waals surface area contributed by atoms with Gasteiger partial charge in [0.05, 0.1) is 0 Å². The van der Waals surface area contributed by atoms with Gasteiger partial charge < -0.3 is 15.5 Å². The summed E-state index contributed by atoms with van der Waals surface area (Å²) >= 11 is 0. The fourth-order valence-electron chi connectivity index (χ4n) is 4.66. The van der Waals surface area contributed by atoms with Gasteiger partial charge in [-0.2, -0.15) is 0 Å². The summed E-state index contributed by atoms with van der Waals surface area (Å²) in [6, 6.07) is 0.201. The number of nitrogens with zero attached hydrogens (tertiary/aromatic N) is 2. The molecule has 0 unspecified atom stereocenters. The second-order valence-corrected chi connectivity index (χ2v) is 8.01. The minimum atomic E-state index is 0. The molecule has 3 fully saturated rings. The van der Waals surface area contributed by atoms with E-state index in [1.165, 1.54) is 25.7 Å². The Hall–Kier alpha value is -0.810. The monoisotopic (exact) mass is 371 g/mol. The van der Waals surface area contributed by atoms with Crippen LogP contribution in [0.25, 0.3) is 0 Å². The van der Waals surface area contributed by atoms with E-state index in [1.807, 2.05) is 9.80 Å². The van der Waals surface area contributed by atoms with Crippen LogP contribution in [0, 0.1) is 11.8 Å². The second kappa shape index (κ2) is 9.77. The van der Waals surface area contributed by atoms with E-state index in [0.29, 0.717) is 44.9 Å². The maximum Gasteiger partial charge on any atom is 0.223 e. The van der Waals surface area contributed by atoms with E-state index in [4.69, 9.17) is 5.73 Å². The topological polar surface area (TPSA) is 66.6 Å². The Morgan fingerprint density at radius 3 is 2.00 bits per heavy atom. The Bertz CT molecular complexity index is 446. The van der Waals surface area contributed by atoms with Gasteiger partial charge >= 0.3 is 0 Å². The van der Waals surface area contributed by atoms with Crippen molar-refractivity contribution in [1.82, 2.24) is 9.80 Å². The number of carbonyl (C=O) groups excluding carboxylic acids is 2. The van der Waals surface area contributed by atoms with Crippen LogP contribution in [-0.2, 0) is 9.59 Å². The summed E-state index contributed by atoms with van der Waals surface area (Å²) in [6.45, 7) is 2.78. The first-order chi connectivity index (χ1) is 11.6. The Balaban J connectivity index is 0.00000225. The summed E-state index contributed by atoms with van der Waals surface area (Å²) in [5.74, 6) is 1.65. The van der Waals surface area contributed by atoms with Crippen molar-refractivity contribution in [3.63, 3.8) is 0 Å². The fraction of sp³-hybridized carbons (Fsp3) is 0.895. The molecule has 1 saturated heterocycles. The van der Waals surface area contributed by atoms with Crippen LogP contribution in [0.1, 0.15) is 64.2 Å². The molecule has 25 heavy (non-hydrogen) atoms. The molecule has 144 valence electrons. The minimum Gasteiger partial charge on any atom is -0.339 e. The normalized spacial score (nSPS) is 27.4. The number of nitrogens with two attached hydrogens (primary N) is 1. The molecule has 1 aliphatic heterocycles. The maximum atomic E-state index is 12.4. The molecule has 5 nitrogen and oxygen atoms in total. The van der Waals surface area contributed by atoms with E-state index in [9.17, 15) is 9.59 Å². The van der Waals surface area contributed by atoms with E-state index in [1.54, 1.807) is 0 Å². The summed E-state index contributed by atoms with van der Waals surface area (Å²) in [4.78, 5) is 28.7. The Morgan fingerprint density at radius 2 is 1.44 bits per heavy atom. The first-order valence-corrected chi connectivity index (χ1v) is 9.94. The molecule has 2 saturated carbocycles. The first-order valence-electron chi connectivity index (χ1n) is 9.94. The molecule has 2 aliphatic carbocycles. The van der Waals surface area contributed by atoms with Crippen LogP contribution in [0.5, 0.6) is 0 Å². The van der Waals surface area contributed by atoms with Gasteiger partial charge in [0, 0.05) is 45.1 Å². The molecule has 0 spiro atoms. The van der Waals surface area contributed by atoms with Crippen molar-refractivity contribution >= 4 is 24.2 Å². The van der Waals surface area contributed by atoms with Gasteiger partial charge in [-0.25, -0.2) is 0 Å². The highest BCUT2D eigenvalue weighted by Gasteiger charge is 2.30. The average molecular weight is 372 g/mol. The first kappa shape index (κ1) is 20.5. The Labute approximate surface area is 158 Å². The fourth-order valence-corrected chi connectivity index (χ4v) is 4.66. The summed E-state index contributed by atoms with van der Waals surface area (Å²) in [7, 11) is 0. The molecular weight excluding hydrogens is 338 g/mol. The van der Waals surface area contributed by atoms with Gasteiger partial charge in [0.2, 0.25) is 11.8 Å². The van der Waals surface area contributed by atoms with Gasteiger partial charge in [0.15, 0.2) is 0 Å². The number of piperazine rings is 1. The molecule has 0 bridgehead atoms. The van der Waals surface area contributed by atoms with Crippen molar-refractivity contribution in [3.05, 3.63) is 0 Å². The van der Waals surface area contributed by atoms with E-state index in [2.05, 4.69) is 0 Å². The van der Waals surface area contributed by atoms with Crippen LogP contribution in [0.4, 0.5) is 0 Å². The highest BCUT2D eigenvalue weighted by atomic mass is 35.5. The molecule has 6 heteroatoms. The molecule has 2 amide bonds. The third kappa shape index (κ3) is 5.58. The lowest BCUT2D eigenvalue weighted by Gasteiger charge is -2.35. The summed E-state index contributed by atoms with van der Waals surface area (Å²) in [5.41, 5.74) is 6.08. The molecule has 0 radical (unpaired) electrons. The van der Waals surface area contributed by atoms with E-state index >= 15 is 0 Å². The third-order valence-corrected chi connectivity index (χ3v) is 6.38. The summed E-state index contributed by atoms with van der Waals surface area (Å²) in [5, 5.41) is 0.